The molecule has 0 aliphatic carbocycles. The molecule has 0 spiro atoms. The molecule has 3 unspecified atom stereocenters. The highest BCUT2D eigenvalue weighted by Crippen LogP contribution is 2.21. The fourth-order valence-corrected chi connectivity index (χ4v) is 11.2. The Balaban J connectivity index is -0.00000105. The molecule has 8 N–H and O–H groups in total. The first-order valence-corrected chi connectivity index (χ1v) is 36.5. The number of aliphatic carboxylic acids is 4. The van der Waals surface area contributed by atoms with Crippen molar-refractivity contribution in [3.05, 3.63) is 0 Å². The largest absolute Gasteiger partial charge is 0.481 e. The molecule has 0 aromatic rings. The van der Waals surface area contributed by atoms with E-state index in [0.29, 0.717) is 38.4 Å². The van der Waals surface area contributed by atoms with Gasteiger partial charge in [-0.1, -0.05) is 289 Å². The van der Waals surface area contributed by atoms with Crippen molar-refractivity contribution in [2.45, 2.75) is 417 Å². The van der Waals surface area contributed by atoms with Crippen LogP contribution in [0.25, 0.3) is 0 Å². The Morgan fingerprint density at radius 1 is 0.318 bits per heavy atom. The maximum atomic E-state index is 10.4. The zero-order valence-electron chi connectivity index (χ0n) is 55.6. The van der Waals surface area contributed by atoms with E-state index in [1.54, 1.807) is 0 Å². The SMILES string of the molecule is CCCCCCC(O)CCCCCCCCCCC(=O)O.O=C(O)CCCCCCCCCCC(O)CCCCCCO.O=C(O)CCCCCCCCCCC1CCCCCCO1.O=C(O)CCCCCCCCCCCCCCCCCO. The van der Waals surface area contributed by atoms with Gasteiger partial charge in [-0.15, -0.1) is 0 Å². The van der Waals surface area contributed by atoms with E-state index in [9.17, 15) is 29.4 Å². The van der Waals surface area contributed by atoms with Crippen LogP contribution in [0.3, 0.4) is 0 Å². The number of carbonyl (C=O) groups is 4. The van der Waals surface area contributed by atoms with E-state index < -0.39 is 23.9 Å². The van der Waals surface area contributed by atoms with Crippen molar-refractivity contribution in [2.24, 2.45) is 0 Å². The van der Waals surface area contributed by atoms with Gasteiger partial charge in [0.1, 0.15) is 0 Å². The Kier molecular flexibility index (Phi) is 77.6. The molecule has 508 valence electrons. The first-order valence-electron chi connectivity index (χ1n) is 36.5. The number of aliphatic hydroxyl groups excluding tert-OH is 4. The monoisotopic (exact) mass is 1220 g/mol. The quantitative estimate of drug-likeness (QED) is 0.0265. The van der Waals surface area contributed by atoms with Crippen molar-refractivity contribution in [2.75, 3.05) is 19.8 Å². The summed E-state index contributed by atoms with van der Waals surface area (Å²) in [5, 5.41) is 71.1. The Labute approximate surface area is 523 Å². The van der Waals surface area contributed by atoms with Crippen LogP contribution < -0.4 is 0 Å². The summed E-state index contributed by atoms with van der Waals surface area (Å²) < 4.78 is 5.93. The van der Waals surface area contributed by atoms with Gasteiger partial charge < -0.3 is 45.6 Å². The second kappa shape index (κ2) is 75.9. The smallest absolute Gasteiger partial charge is 0.303 e. The third-order valence-corrected chi connectivity index (χ3v) is 16.7. The van der Waals surface area contributed by atoms with Gasteiger partial charge in [0.25, 0.3) is 0 Å². The van der Waals surface area contributed by atoms with Gasteiger partial charge in [0, 0.05) is 45.5 Å². The molecular weight excluding hydrogens is 1070 g/mol. The van der Waals surface area contributed by atoms with Gasteiger partial charge in [0.2, 0.25) is 0 Å². The number of hydrogen-bond acceptors (Lipinski definition) is 9. The molecule has 0 radical (unpaired) electrons. The Morgan fingerprint density at radius 3 is 0.824 bits per heavy atom. The van der Waals surface area contributed by atoms with Crippen LogP contribution >= 0.6 is 0 Å². The molecule has 1 aliphatic heterocycles. The number of ether oxygens (including phenoxy) is 1. The van der Waals surface area contributed by atoms with Crippen LogP contribution in [-0.4, -0.2) is 103 Å². The first-order chi connectivity index (χ1) is 41.4. The van der Waals surface area contributed by atoms with Crippen LogP contribution in [0.1, 0.15) is 399 Å². The maximum absolute atomic E-state index is 10.4. The summed E-state index contributed by atoms with van der Waals surface area (Å²) in [5.41, 5.74) is 0. The second-order valence-corrected chi connectivity index (χ2v) is 25.2. The van der Waals surface area contributed by atoms with E-state index >= 15 is 0 Å². The van der Waals surface area contributed by atoms with E-state index in [4.69, 9.17) is 35.4 Å². The fraction of sp³-hybridized carbons (Fsp3) is 0.944. The van der Waals surface area contributed by atoms with Gasteiger partial charge in [-0.05, 0) is 83.5 Å². The summed E-state index contributed by atoms with van der Waals surface area (Å²) in [5.74, 6) is -2.69. The average molecular weight is 1220 g/mol. The van der Waals surface area contributed by atoms with Crippen LogP contribution in [0.5, 0.6) is 0 Å². The van der Waals surface area contributed by atoms with Crippen LogP contribution in [0.4, 0.5) is 0 Å². The lowest BCUT2D eigenvalue weighted by atomic mass is 10.0. The summed E-state index contributed by atoms with van der Waals surface area (Å²) in [6.07, 6.45) is 68.6. The minimum atomic E-state index is -0.688. The van der Waals surface area contributed by atoms with Gasteiger partial charge in [0.15, 0.2) is 0 Å². The van der Waals surface area contributed by atoms with E-state index in [2.05, 4.69) is 6.92 Å². The highest BCUT2D eigenvalue weighted by molar-refractivity contribution is 5.67. The minimum Gasteiger partial charge on any atom is -0.481 e. The summed E-state index contributed by atoms with van der Waals surface area (Å²) in [6.45, 7) is 3.81. The molecule has 0 aromatic heterocycles. The number of unbranched alkanes of at least 4 members (excludes halogenated alkanes) is 41. The Morgan fingerprint density at radius 2 is 0.553 bits per heavy atom. The topological polar surface area (TPSA) is 239 Å². The van der Waals surface area contributed by atoms with Gasteiger partial charge in [-0.25, -0.2) is 0 Å². The molecule has 0 amide bonds. The number of carboxylic acids is 4. The molecule has 13 heteroatoms. The minimum absolute atomic E-state index is 0.0853. The van der Waals surface area contributed by atoms with Crippen molar-refractivity contribution in [1.29, 1.82) is 0 Å². The molecule has 13 nitrogen and oxygen atoms in total. The summed E-state index contributed by atoms with van der Waals surface area (Å²) >= 11 is 0. The predicted octanol–water partition coefficient (Wildman–Crippen LogP) is 20.2. The second-order valence-electron chi connectivity index (χ2n) is 25.2. The molecule has 0 aromatic carbocycles. The van der Waals surface area contributed by atoms with Gasteiger partial charge in [-0.3, -0.25) is 19.2 Å². The van der Waals surface area contributed by atoms with Gasteiger partial charge >= 0.3 is 23.9 Å². The van der Waals surface area contributed by atoms with Gasteiger partial charge in [0.05, 0.1) is 18.3 Å². The summed E-state index contributed by atoms with van der Waals surface area (Å²) in [7, 11) is 0. The molecule has 85 heavy (non-hydrogen) atoms. The lowest BCUT2D eigenvalue weighted by molar-refractivity contribution is -0.138. The first kappa shape index (κ1) is 86.9. The van der Waals surface area contributed by atoms with Crippen LogP contribution in [-0.2, 0) is 23.9 Å². The highest BCUT2D eigenvalue weighted by Gasteiger charge is 2.12. The fourth-order valence-electron chi connectivity index (χ4n) is 11.2. The van der Waals surface area contributed by atoms with Crippen molar-refractivity contribution < 1.29 is 64.8 Å². The van der Waals surface area contributed by atoms with E-state index in [1.165, 1.54) is 231 Å². The average Bonchev–Trinajstić information content (AvgIpc) is 3.46. The number of carboxylic acid groups (broad SMARTS) is 4. The third-order valence-electron chi connectivity index (χ3n) is 16.7. The molecular formula is C72H142O13. The molecule has 1 aliphatic rings. The lowest BCUT2D eigenvalue weighted by Gasteiger charge is -2.20. The number of hydrogen-bond donors (Lipinski definition) is 8. The number of aliphatic hydroxyl groups is 4. The van der Waals surface area contributed by atoms with Crippen molar-refractivity contribution in [1.82, 2.24) is 0 Å². The molecule has 3 atom stereocenters. The summed E-state index contributed by atoms with van der Waals surface area (Å²) in [6, 6.07) is 0. The molecule has 1 fully saturated rings. The normalized spacial score (nSPS) is 13.9. The van der Waals surface area contributed by atoms with Crippen molar-refractivity contribution >= 4 is 23.9 Å². The summed E-state index contributed by atoms with van der Waals surface area (Å²) in [4.78, 5) is 41.4. The molecule has 1 heterocycles. The molecule has 0 saturated carbocycles. The van der Waals surface area contributed by atoms with Gasteiger partial charge in [-0.2, -0.15) is 0 Å². The van der Waals surface area contributed by atoms with Crippen LogP contribution in [0.2, 0.25) is 0 Å². The van der Waals surface area contributed by atoms with E-state index in [0.717, 1.165) is 141 Å². The Bertz CT molecular complexity index is 1320. The molecule has 0 bridgehead atoms. The molecule has 1 saturated heterocycles. The van der Waals surface area contributed by atoms with E-state index in [1.807, 2.05) is 0 Å². The predicted molar refractivity (Wildman–Crippen MR) is 354 cm³/mol. The maximum Gasteiger partial charge on any atom is 0.303 e. The number of rotatable bonds is 61. The van der Waals surface area contributed by atoms with Crippen LogP contribution in [0, 0.1) is 0 Å². The van der Waals surface area contributed by atoms with Crippen LogP contribution in [0.15, 0.2) is 0 Å². The standard InChI is InChI=1S/C18H36O4.C18H34O3.2C18H36O3/c19-16-12-8-7-10-14-17(20)13-9-5-3-1-2-4-6-11-15-18(21)22;19-18(20)15-11-6-4-2-1-3-5-9-13-17-14-10-7-8-12-16-21-17;1-2-3-4-11-14-17(19)15-12-9-7-5-6-8-10-13-16-18(20)21;19-17-15-13-11-9-7-5-3-1-2-4-6-8-10-12-14-16-18(20)21/h17,19-20H,1-16H2,(H,21,22);17H,1-16H2,(H,19,20);17,19H,2-16H2,1H3,(H,20,21);19H,1-17H2,(H,20,21). The lowest BCUT2D eigenvalue weighted by Crippen LogP contribution is -2.15. The Hall–Kier alpha value is -2.32. The van der Waals surface area contributed by atoms with Crippen molar-refractivity contribution in [3.63, 3.8) is 0 Å². The highest BCUT2D eigenvalue weighted by atomic mass is 16.5. The zero-order valence-corrected chi connectivity index (χ0v) is 55.6. The van der Waals surface area contributed by atoms with Crippen molar-refractivity contribution in [3.8, 4) is 0 Å². The zero-order chi connectivity index (χ0) is 63.0. The van der Waals surface area contributed by atoms with E-state index in [-0.39, 0.29) is 18.8 Å². The third kappa shape index (κ3) is 85.9. The molecule has 1 rings (SSSR count).